The lowest BCUT2D eigenvalue weighted by atomic mass is 10.2. The minimum atomic E-state index is -1.71. The standard InChI is InChI=1S/C11H11BrCl3N3/c1-17-8-3-2-7(12)6-9(8)18-5-4-10(16)11(13,14)15/h2-6,16-18H,1H3/b5-4-,16-10?. The monoisotopic (exact) mass is 369 g/mol. The molecule has 0 atom stereocenters. The maximum atomic E-state index is 7.50. The Kier molecular flexibility index (Phi) is 5.79. The second-order valence-electron chi connectivity index (χ2n) is 3.33. The zero-order valence-electron chi connectivity index (χ0n) is 9.40. The largest absolute Gasteiger partial charge is 0.386 e. The Morgan fingerprint density at radius 1 is 1.33 bits per heavy atom. The molecule has 0 radical (unpaired) electrons. The zero-order valence-corrected chi connectivity index (χ0v) is 13.3. The van der Waals surface area contributed by atoms with Gasteiger partial charge in [0.25, 0.3) is 0 Å². The molecule has 1 aromatic carbocycles. The lowest BCUT2D eigenvalue weighted by Gasteiger charge is -2.10. The summed E-state index contributed by atoms with van der Waals surface area (Å²) in [6.45, 7) is 0. The molecule has 0 fully saturated rings. The highest BCUT2D eigenvalue weighted by Gasteiger charge is 2.23. The normalized spacial score (nSPS) is 11.6. The molecule has 3 N–H and O–H groups in total. The van der Waals surface area contributed by atoms with Crippen molar-refractivity contribution < 1.29 is 0 Å². The number of alkyl halides is 3. The van der Waals surface area contributed by atoms with Gasteiger partial charge in [0.15, 0.2) is 0 Å². The Morgan fingerprint density at radius 2 is 2.00 bits per heavy atom. The molecule has 0 unspecified atom stereocenters. The summed E-state index contributed by atoms with van der Waals surface area (Å²) in [7, 11) is 1.82. The van der Waals surface area contributed by atoms with Crippen molar-refractivity contribution in [2.75, 3.05) is 17.7 Å². The fraction of sp³-hybridized carbons (Fsp3) is 0.182. The molecule has 0 amide bonds. The third-order valence-corrected chi connectivity index (χ3v) is 3.15. The van der Waals surface area contributed by atoms with Gasteiger partial charge >= 0.3 is 0 Å². The molecule has 1 rings (SSSR count). The Labute approximate surface area is 129 Å². The molecule has 0 saturated heterocycles. The van der Waals surface area contributed by atoms with Crippen molar-refractivity contribution in [1.29, 1.82) is 5.41 Å². The van der Waals surface area contributed by atoms with E-state index in [4.69, 9.17) is 40.2 Å². The van der Waals surface area contributed by atoms with Crippen LogP contribution in [-0.4, -0.2) is 16.6 Å². The van der Waals surface area contributed by atoms with E-state index in [-0.39, 0.29) is 5.71 Å². The second kappa shape index (κ2) is 6.66. The first-order valence-corrected chi connectivity index (χ1v) is 6.83. The van der Waals surface area contributed by atoms with Gasteiger partial charge in [0.1, 0.15) is 0 Å². The molecular weight excluding hydrogens is 360 g/mol. The molecule has 3 nitrogen and oxygen atoms in total. The van der Waals surface area contributed by atoms with E-state index in [0.29, 0.717) is 0 Å². The topological polar surface area (TPSA) is 47.9 Å². The van der Waals surface area contributed by atoms with E-state index < -0.39 is 3.79 Å². The molecule has 0 heterocycles. The summed E-state index contributed by atoms with van der Waals surface area (Å²) >= 11 is 20.1. The number of halogens is 4. The highest BCUT2D eigenvalue weighted by Crippen LogP contribution is 2.28. The van der Waals surface area contributed by atoms with Crippen LogP contribution < -0.4 is 10.6 Å². The number of anilines is 2. The minimum absolute atomic E-state index is 0.110. The predicted octanol–water partition coefficient (Wildman–Crippen LogP) is 4.81. The molecular formula is C11H11BrCl3N3. The van der Waals surface area contributed by atoms with Crippen LogP contribution in [-0.2, 0) is 0 Å². The molecule has 0 aliphatic rings. The third-order valence-electron chi connectivity index (χ3n) is 2.05. The number of benzene rings is 1. The summed E-state index contributed by atoms with van der Waals surface area (Å²) in [6.07, 6.45) is 2.94. The Bertz CT molecular complexity index is 469. The van der Waals surface area contributed by atoms with Crippen molar-refractivity contribution in [3.05, 3.63) is 34.9 Å². The van der Waals surface area contributed by atoms with Crippen LogP contribution in [0.2, 0.25) is 0 Å². The van der Waals surface area contributed by atoms with Crippen LogP contribution in [0.1, 0.15) is 0 Å². The Hall–Kier alpha value is -0.420. The van der Waals surface area contributed by atoms with E-state index in [0.717, 1.165) is 15.8 Å². The number of rotatable bonds is 4. The van der Waals surface area contributed by atoms with Crippen LogP contribution in [0.5, 0.6) is 0 Å². The number of allylic oxidation sites excluding steroid dienone is 1. The van der Waals surface area contributed by atoms with E-state index >= 15 is 0 Å². The van der Waals surface area contributed by atoms with Crippen molar-refractivity contribution in [1.82, 2.24) is 0 Å². The van der Waals surface area contributed by atoms with E-state index in [9.17, 15) is 0 Å². The smallest absolute Gasteiger partial charge is 0.231 e. The summed E-state index contributed by atoms with van der Waals surface area (Å²) in [5, 5.41) is 13.6. The second-order valence-corrected chi connectivity index (χ2v) is 6.53. The van der Waals surface area contributed by atoms with Gasteiger partial charge in [0.2, 0.25) is 3.79 Å². The first-order valence-electron chi connectivity index (χ1n) is 4.90. The number of nitrogens with one attached hydrogen (secondary N) is 3. The maximum absolute atomic E-state index is 7.50. The molecule has 0 saturated carbocycles. The third kappa shape index (κ3) is 4.69. The van der Waals surface area contributed by atoms with Gasteiger partial charge in [-0.3, -0.25) is 0 Å². The summed E-state index contributed by atoms with van der Waals surface area (Å²) in [6, 6.07) is 5.74. The highest BCUT2D eigenvalue weighted by molar-refractivity contribution is 9.10. The van der Waals surface area contributed by atoms with Crippen LogP contribution >= 0.6 is 50.7 Å². The molecule has 1 aromatic rings. The Morgan fingerprint density at radius 3 is 2.56 bits per heavy atom. The summed E-state index contributed by atoms with van der Waals surface area (Å²) < 4.78 is -0.768. The van der Waals surface area contributed by atoms with Gasteiger partial charge < -0.3 is 16.0 Å². The Balaban J connectivity index is 2.77. The molecule has 18 heavy (non-hydrogen) atoms. The van der Waals surface area contributed by atoms with Crippen molar-refractivity contribution in [2.24, 2.45) is 0 Å². The van der Waals surface area contributed by atoms with Crippen molar-refractivity contribution in [2.45, 2.75) is 3.79 Å². The maximum Gasteiger partial charge on any atom is 0.231 e. The average molecular weight is 371 g/mol. The van der Waals surface area contributed by atoms with Crippen molar-refractivity contribution >= 4 is 67.8 Å². The van der Waals surface area contributed by atoms with Crippen molar-refractivity contribution in [3.8, 4) is 0 Å². The lowest BCUT2D eigenvalue weighted by molar-refractivity contribution is 1.41. The molecule has 0 aliphatic carbocycles. The quantitative estimate of drug-likeness (QED) is 0.526. The molecule has 0 spiro atoms. The summed E-state index contributed by atoms with van der Waals surface area (Å²) in [5.41, 5.74) is 1.66. The minimum Gasteiger partial charge on any atom is -0.386 e. The lowest BCUT2D eigenvalue weighted by Crippen LogP contribution is -2.15. The van der Waals surface area contributed by atoms with Gasteiger partial charge in [-0.1, -0.05) is 50.7 Å². The molecule has 7 heteroatoms. The van der Waals surface area contributed by atoms with Gasteiger partial charge in [-0.05, 0) is 24.3 Å². The summed E-state index contributed by atoms with van der Waals surface area (Å²) in [4.78, 5) is 0. The van der Waals surface area contributed by atoms with Crippen LogP contribution in [0.3, 0.4) is 0 Å². The number of hydrogen-bond acceptors (Lipinski definition) is 3. The van der Waals surface area contributed by atoms with Crippen LogP contribution in [0.15, 0.2) is 34.9 Å². The van der Waals surface area contributed by atoms with Crippen LogP contribution in [0, 0.1) is 5.41 Å². The van der Waals surface area contributed by atoms with Gasteiger partial charge in [-0.2, -0.15) is 0 Å². The van der Waals surface area contributed by atoms with Crippen LogP contribution in [0.25, 0.3) is 0 Å². The molecule has 0 aromatic heterocycles. The first-order chi connectivity index (χ1) is 8.34. The van der Waals surface area contributed by atoms with Gasteiger partial charge in [0, 0.05) is 17.7 Å². The van der Waals surface area contributed by atoms with E-state index in [2.05, 4.69) is 26.6 Å². The molecule has 0 bridgehead atoms. The first kappa shape index (κ1) is 15.6. The van der Waals surface area contributed by atoms with E-state index in [1.165, 1.54) is 6.08 Å². The predicted molar refractivity (Wildman–Crippen MR) is 84.5 cm³/mol. The summed E-state index contributed by atoms with van der Waals surface area (Å²) in [5.74, 6) is 0. The highest BCUT2D eigenvalue weighted by atomic mass is 79.9. The molecule has 0 aliphatic heterocycles. The SMILES string of the molecule is CNc1ccc(Br)cc1N/C=C\C(=N)C(Cl)(Cl)Cl. The van der Waals surface area contributed by atoms with Crippen LogP contribution in [0.4, 0.5) is 11.4 Å². The average Bonchev–Trinajstić information content (AvgIpc) is 2.28. The van der Waals surface area contributed by atoms with Crippen molar-refractivity contribution in [3.63, 3.8) is 0 Å². The number of hydrogen-bond donors (Lipinski definition) is 3. The van der Waals surface area contributed by atoms with Gasteiger partial charge in [-0.15, -0.1) is 0 Å². The fourth-order valence-electron chi connectivity index (χ4n) is 1.16. The van der Waals surface area contributed by atoms with Gasteiger partial charge in [-0.25, -0.2) is 0 Å². The van der Waals surface area contributed by atoms with E-state index in [1.807, 2.05) is 25.2 Å². The van der Waals surface area contributed by atoms with E-state index in [1.54, 1.807) is 6.20 Å². The fourth-order valence-corrected chi connectivity index (χ4v) is 1.71. The molecule has 98 valence electrons. The van der Waals surface area contributed by atoms with Gasteiger partial charge in [0.05, 0.1) is 17.1 Å². The zero-order chi connectivity index (χ0) is 13.8.